The lowest BCUT2D eigenvalue weighted by Gasteiger charge is -2.38. The van der Waals surface area contributed by atoms with E-state index in [-0.39, 0.29) is 12.5 Å². The molecule has 0 N–H and O–H groups in total. The summed E-state index contributed by atoms with van der Waals surface area (Å²) >= 11 is 1.51. The largest absolute Gasteiger partial charge is 0.458 e. The SMILES string of the molecule is C=CCOC(=O)C1=C(C)N=C2SCCC(=O)N2C1c1cccc(Oc2ccccc2)c1. The molecule has 1 saturated heterocycles. The lowest BCUT2D eigenvalue weighted by atomic mass is 9.94. The Bertz CT molecular complexity index is 1080. The highest BCUT2D eigenvalue weighted by atomic mass is 32.2. The zero-order valence-electron chi connectivity index (χ0n) is 17.1. The number of ether oxygens (including phenoxy) is 2. The fourth-order valence-electron chi connectivity index (χ4n) is 3.56. The monoisotopic (exact) mass is 434 g/mol. The normalized spacial score (nSPS) is 18.2. The maximum atomic E-state index is 12.9. The van der Waals surface area contributed by atoms with Gasteiger partial charge in [-0.05, 0) is 36.8 Å². The van der Waals surface area contributed by atoms with Gasteiger partial charge in [-0.25, -0.2) is 9.79 Å². The van der Waals surface area contributed by atoms with Crippen molar-refractivity contribution in [2.24, 2.45) is 4.99 Å². The van der Waals surface area contributed by atoms with Crippen LogP contribution in [0.1, 0.15) is 24.9 Å². The quantitative estimate of drug-likeness (QED) is 0.480. The van der Waals surface area contributed by atoms with Crippen LogP contribution in [-0.4, -0.2) is 34.3 Å². The van der Waals surface area contributed by atoms with Crippen LogP contribution < -0.4 is 4.74 Å². The molecule has 1 unspecified atom stereocenters. The molecule has 0 aliphatic carbocycles. The summed E-state index contributed by atoms with van der Waals surface area (Å²) < 4.78 is 11.3. The summed E-state index contributed by atoms with van der Waals surface area (Å²) in [5.74, 6) is 1.40. The van der Waals surface area contributed by atoms with Crippen LogP contribution >= 0.6 is 11.8 Å². The van der Waals surface area contributed by atoms with Crippen LogP contribution in [0.15, 0.2) is 83.5 Å². The van der Waals surface area contributed by atoms with E-state index in [1.807, 2.05) is 54.6 Å². The molecule has 1 amide bonds. The van der Waals surface area contributed by atoms with Crippen molar-refractivity contribution in [1.82, 2.24) is 4.90 Å². The summed E-state index contributed by atoms with van der Waals surface area (Å²) in [5, 5.41) is 0.605. The number of thioether (sulfide) groups is 1. The minimum atomic E-state index is -0.635. The first-order valence-electron chi connectivity index (χ1n) is 9.93. The van der Waals surface area contributed by atoms with Gasteiger partial charge >= 0.3 is 5.97 Å². The highest BCUT2D eigenvalue weighted by Gasteiger charge is 2.41. The predicted molar refractivity (Wildman–Crippen MR) is 121 cm³/mol. The zero-order chi connectivity index (χ0) is 21.8. The molecule has 2 aromatic carbocycles. The lowest BCUT2D eigenvalue weighted by Crippen LogP contribution is -2.45. The third-order valence-electron chi connectivity index (χ3n) is 4.91. The van der Waals surface area contributed by atoms with Crippen LogP contribution in [0, 0.1) is 0 Å². The van der Waals surface area contributed by atoms with Gasteiger partial charge in [0.05, 0.1) is 17.3 Å². The van der Waals surface area contributed by atoms with Crippen LogP contribution in [0.25, 0.3) is 0 Å². The summed E-state index contributed by atoms with van der Waals surface area (Å²) in [5.41, 5.74) is 1.64. The second-order valence-corrected chi connectivity index (χ2v) is 8.10. The molecule has 1 fully saturated rings. The number of hydrogen-bond acceptors (Lipinski definition) is 6. The molecule has 2 aliphatic heterocycles. The summed E-state index contributed by atoms with van der Waals surface area (Å²) in [6.45, 7) is 5.45. The second-order valence-electron chi connectivity index (χ2n) is 7.03. The lowest BCUT2D eigenvalue weighted by molar-refractivity contribution is -0.139. The average molecular weight is 435 g/mol. The summed E-state index contributed by atoms with van der Waals surface area (Å²) in [4.78, 5) is 32.0. The summed E-state index contributed by atoms with van der Waals surface area (Å²) in [6.07, 6.45) is 1.89. The van der Waals surface area contributed by atoms with E-state index in [1.165, 1.54) is 17.8 Å². The number of amides is 1. The number of benzene rings is 2. The molecule has 2 aliphatic rings. The predicted octanol–water partition coefficient (Wildman–Crippen LogP) is 4.86. The summed E-state index contributed by atoms with van der Waals surface area (Å²) in [7, 11) is 0. The minimum Gasteiger partial charge on any atom is -0.458 e. The second kappa shape index (κ2) is 9.22. The molecule has 0 aromatic heterocycles. The highest BCUT2D eigenvalue weighted by molar-refractivity contribution is 8.14. The van der Waals surface area contributed by atoms with Gasteiger partial charge in [0.1, 0.15) is 18.1 Å². The van der Waals surface area contributed by atoms with Crippen LogP contribution in [-0.2, 0) is 14.3 Å². The van der Waals surface area contributed by atoms with Crippen molar-refractivity contribution in [1.29, 1.82) is 0 Å². The number of nitrogens with zero attached hydrogens (tertiary/aromatic N) is 2. The fraction of sp³-hybridized carbons (Fsp3) is 0.208. The van der Waals surface area contributed by atoms with Crippen LogP contribution in [0.4, 0.5) is 0 Å². The van der Waals surface area contributed by atoms with E-state index in [9.17, 15) is 9.59 Å². The number of amidine groups is 1. The van der Waals surface area contributed by atoms with Crippen molar-refractivity contribution in [3.05, 3.63) is 84.1 Å². The van der Waals surface area contributed by atoms with E-state index in [2.05, 4.69) is 11.6 Å². The minimum absolute atomic E-state index is 0.0709. The molecule has 31 heavy (non-hydrogen) atoms. The number of hydrogen-bond donors (Lipinski definition) is 0. The van der Waals surface area contributed by atoms with Crippen molar-refractivity contribution in [3.8, 4) is 11.5 Å². The number of allylic oxidation sites excluding steroid dienone is 1. The molecule has 158 valence electrons. The number of carbonyl (C=O) groups excluding carboxylic acids is 2. The van der Waals surface area contributed by atoms with Gasteiger partial charge in [0.25, 0.3) is 0 Å². The third-order valence-corrected chi connectivity index (χ3v) is 5.87. The average Bonchev–Trinajstić information content (AvgIpc) is 2.77. The molecule has 2 aromatic rings. The van der Waals surface area contributed by atoms with Crippen molar-refractivity contribution in [2.75, 3.05) is 12.4 Å². The topological polar surface area (TPSA) is 68.2 Å². The number of carbonyl (C=O) groups is 2. The van der Waals surface area contributed by atoms with Gasteiger partial charge in [0.2, 0.25) is 5.91 Å². The van der Waals surface area contributed by atoms with Crippen molar-refractivity contribution in [2.45, 2.75) is 19.4 Å². The smallest absolute Gasteiger partial charge is 0.338 e. The first-order chi connectivity index (χ1) is 15.1. The Labute approximate surface area is 185 Å². The fourth-order valence-corrected chi connectivity index (χ4v) is 4.56. The Morgan fingerprint density at radius 2 is 2.00 bits per heavy atom. The van der Waals surface area contributed by atoms with Crippen molar-refractivity contribution >= 4 is 28.8 Å². The van der Waals surface area contributed by atoms with Gasteiger partial charge in [-0.3, -0.25) is 9.69 Å². The van der Waals surface area contributed by atoms with E-state index in [1.54, 1.807) is 11.8 Å². The third kappa shape index (κ3) is 4.41. The molecule has 6 nitrogen and oxygen atoms in total. The number of rotatable bonds is 6. The molecule has 0 spiro atoms. The Kier molecular flexibility index (Phi) is 6.23. The molecule has 1 atom stereocenters. The first-order valence-corrected chi connectivity index (χ1v) is 10.9. The maximum Gasteiger partial charge on any atom is 0.338 e. The van der Waals surface area contributed by atoms with E-state index in [4.69, 9.17) is 9.47 Å². The maximum absolute atomic E-state index is 12.9. The molecule has 7 heteroatoms. The summed E-state index contributed by atoms with van der Waals surface area (Å²) in [6, 6.07) is 16.2. The van der Waals surface area contributed by atoms with Crippen LogP contribution in [0.3, 0.4) is 0 Å². The number of para-hydroxylation sites is 1. The highest BCUT2D eigenvalue weighted by Crippen LogP contribution is 2.41. The zero-order valence-corrected chi connectivity index (χ0v) is 17.9. The standard InChI is InChI=1S/C24H22N2O4S/c1-3-13-29-23(28)21-16(2)25-24-26(20(27)12-14-31-24)22(21)17-8-7-11-19(15-17)30-18-9-5-4-6-10-18/h3-11,15,22H,1,12-14H2,2H3. The van der Waals surface area contributed by atoms with E-state index in [0.717, 1.165) is 5.56 Å². The van der Waals surface area contributed by atoms with Gasteiger partial charge in [0.15, 0.2) is 5.17 Å². The molecule has 0 radical (unpaired) electrons. The Morgan fingerprint density at radius 3 is 2.77 bits per heavy atom. The van der Waals surface area contributed by atoms with Gasteiger partial charge in [-0.15, -0.1) is 0 Å². The van der Waals surface area contributed by atoms with Crippen molar-refractivity contribution in [3.63, 3.8) is 0 Å². The molecule has 0 bridgehead atoms. The number of fused-ring (bicyclic) bond motifs is 1. The van der Waals surface area contributed by atoms with Gasteiger partial charge < -0.3 is 9.47 Å². The van der Waals surface area contributed by atoms with E-state index < -0.39 is 12.0 Å². The Balaban J connectivity index is 1.76. The molecular formula is C24H22N2O4S. The number of aliphatic imine (C=N–C) groups is 1. The van der Waals surface area contributed by atoms with Crippen LogP contribution in [0.2, 0.25) is 0 Å². The van der Waals surface area contributed by atoms with E-state index in [0.29, 0.717) is 40.1 Å². The Morgan fingerprint density at radius 1 is 1.23 bits per heavy atom. The van der Waals surface area contributed by atoms with E-state index >= 15 is 0 Å². The Hall–Kier alpha value is -3.32. The number of esters is 1. The van der Waals surface area contributed by atoms with Gasteiger partial charge in [0, 0.05) is 12.2 Å². The molecular weight excluding hydrogens is 412 g/mol. The van der Waals surface area contributed by atoms with Gasteiger partial charge in [-0.1, -0.05) is 54.7 Å². The molecule has 2 heterocycles. The van der Waals surface area contributed by atoms with Crippen molar-refractivity contribution < 1.29 is 19.1 Å². The first kappa shape index (κ1) is 20.9. The van der Waals surface area contributed by atoms with Gasteiger partial charge in [-0.2, -0.15) is 0 Å². The molecule has 4 rings (SSSR count). The molecule has 0 saturated carbocycles. The van der Waals surface area contributed by atoms with Crippen LogP contribution in [0.5, 0.6) is 11.5 Å².